The van der Waals surface area contributed by atoms with Gasteiger partial charge in [0.25, 0.3) is 0 Å². The second kappa shape index (κ2) is 9.18. The van der Waals surface area contributed by atoms with E-state index in [1.165, 1.54) is 0 Å². The average molecular weight is 434 g/mol. The lowest BCUT2D eigenvalue weighted by Gasteiger charge is -2.22. The molecule has 4 rings (SSSR count). The summed E-state index contributed by atoms with van der Waals surface area (Å²) < 4.78 is 16.4. The van der Waals surface area contributed by atoms with Gasteiger partial charge >= 0.3 is 0 Å². The van der Waals surface area contributed by atoms with Gasteiger partial charge in [0, 0.05) is 40.7 Å². The first-order valence-corrected chi connectivity index (χ1v) is 10.5. The van der Waals surface area contributed by atoms with Crippen molar-refractivity contribution in [3.8, 4) is 11.5 Å². The fourth-order valence-electron chi connectivity index (χ4n) is 4.15. The molecule has 0 aliphatic rings. The van der Waals surface area contributed by atoms with E-state index in [-0.39, 0.29) is 18.2 Å². The lowest BCUT2D eigenvalue weighted by molar-refractivity contribution is -0.120. The van der Waals surface area contributed by atoms with Crippen molar-refractivity contribution >= 4 is 16.8 Å². The Kier molecular flexibility index (Phi) is 6.16. The molecule has 0 radical (unpaired) electrons. The van der Waals surface area contributed by atoms with Crippen LogP contribution in [0.2, 0.25) is 0 Å². The van der Waals surface area contributed by atoms with Crippen LogP contribution in [-0.2, 0) is 11.2 Å². The molecule has 2 heterocycles. The fraction of sp³-hybridized carbons (Fsp3) is 0.280. The van der Waals surface area contributed by atoms with E-state index in [9.17, 15) is 4.79 Å². The number of rotatable bonds is 8. The smallest absolute Gasteiger partial charge is 0.224 e. The number of carbonyl (C=O) groups is 1. The monoisotopic (exact) mass is 433 g/mol. The summed E-state index contributed by atoms with van der Waals surface area (Å²) in [6.45, 7) is 4.06. The average Bonchev–Trinajstić information content (AvgIpc) is 3.37. The number of hydrogen-bond donors (Lipinski definition) is 2. The summed E-state index contributed by atoms with van der Waals surface area (Å²) >= 11 is 0. The molecule has 0 fully saturated rings. The summed E-state index contributed by atoms with van der Waals surface area (Å²) in [5.41, 5.74) is 4.61. The van der Waals surface area contributed by atoms with Gasteiger partial charge in [-0.2, -0.15) is 0 Å². The minimum absolute atomic E-state index is 0.0916. The van der Waals surface area contributed by atoms with Gasteiger partial charge in [0.15, 0.2) is 11.5 Å². The predicted molar refractivity (Wildman–Crippen MR) is 122 cm³/mol. The first-order chi connectivity index (χ1) is 15.5. The van der Waals surface area contributed by atoms with Crippen LogP contribution in [0.5, 0.6) is 11.5 Å². The molecule has 2 aromatic heterocycles. The zero-order valence-corrected chi connectivity index (χ0v) is 18.7. The zero-order valence-electron chi connectivity index (χ0n) is 18.7. The SMILES string of the molecule is COc1cccc(C(CNC(=O)Cc2c(C)noc2C)c2c[nH]c3ccccc23)c1OC. The van der Waals surface area contributed by atoms with Crippen LogP contribution in [-0.4, -0.2) is 36.8 Å². The third-order valence-corrected chi connectivity index (χ3v) is 5.83. The summed E-state index contributed by atoms with van der Waals surface area (Å²) in [5, 5.41) is 8.14. The standard InChI is InChI=1S/C25H27N3O4/c1-15-19(16(2)32-28-15)12-24(29)27-14-21(18-9-7-11-23(30-3)25(18)31-4)20-13-26-22-10-6-5-8-17(20)22/h5-11,13,21,26H,12,14H2,1-4H3,(H,27,29). The van der Waals surface area contributed by atoms with Crippen LogP contribution in [0.1, 0.15) is 34.1 Å². The highest BCUT2D eigenvalue weighted by molar-refractivity contribution is 5.85. The van der Waals surface area contributed by atoms with Crippen LogP contribution in [0.15, 0.2) is 53.2 Å². The maximum absolute atomic E-state index is 12.8. The van der Waals surface area contributed by atoms with Gasteiger partial charge < -0.3 is 24.3 Å². The van der Waals surface area contributed by atoms with Gasteiger partial charge in [0.1, 0.15) is 5.76 Å². The normalized spacial score (nSPS) is 12.0. The summed E-state index contributed by atoms with van der Waals surface area (Å²) in [6, 6.07) is 13.9. The van der Waals surface area contributed by atoms with Crippen molar-refractivity contribution in [2.24, 2.45) is 0 Å². The van der Waals surface area contributed by atoms with E-state index >= 15 is 0 Å². The number of amides is 1. The highest BCUT2D eigenvalue weighted by Crippen LogP contribution is 2.40. The zero-order chi connectivity index (χ0) is 22.7. The van der Waals surface area contributed by atoms with Crippen molar-refractivity contribution in [1.29, 1.82) is 0 Å². The van der Waals surface area contributed by atoms with Gasteiger partial charge in [-0.05, 0) is 31.5 Å². The van der Waals surface area contributed by atoms with Gasteiger partial charge in [-0.3, -0.25) is 4.79 Å². The van der Waals surface area contributed by atoms with Crippen molar-refractivity contribution in [2.75, 3.05) is 20.8 Å². The van der Waals surface area contributed by atoms with Crippen molar-refractivity contribution in [1.82, 2.24) is 15.5 Å². The topological polar surface area (TPSA) is 89.4 Å². The first kappa shape index (κ1) is 21.5. The molecule has 0 aliphatic carbocycles. The van der Waals surface area contributed by atoms with Crippen LogP contribution in [0, 0.1) is 13.8 Å². The van der Waals surface area contributed by atoms with E-state index in [0.29, 0.717) is 23.8 Å². The number of nitrogens with one attached hydrogen (secondary N) is 2. The number of methoxy groups -OCH3 is 2. The Morgan fingerprint density at radius 1 is 1.09 bits per heavy atom. The Bertz CT molecular complexity index is 1220. The van der Waals surface area contributed by atoms with E-state index in [2.05, 4.69) is 21.5 Å². The Morgan fingerprint density at radius 3 is 2.62 bits per heavy atom. The number of benzene rings is 2. The largest absolute Gasteiger partial charge is 0.493 e. The molecule has 4 aromatic rings. The van der Waals surface area contributed by atoms with Crippen LogP contribution < -0.4 is 14.8 Å². The number of fused-ring (bicyclic) bond motifs is 1. The maximum atomic E-state index is 12.8. The van der Waals surface area contributed by atoms with Crippen molar-refractivity contribution in [2.45, 2.75) is 26.2 Å². The predicted octanol–water partition coefficient (Wildman–Crippen LogP) is 4.28. The summed E-state index contributed by atoms with van der Waals surface area (Å²) in [4.78, 5) is 16.2. The third kappa shape index (κ3) is 4.06. The molecule has 2 aromatic carbocycles. The second-order valence-corrected chi connectivity index (χ2v) is 7.71. The Balaban J connectivity index is 1.68. The molecule has 1 unspecified atom stereocenters. The van der Waals surface area contributed by atoms with E-state index < -0.39 is 0 Å². The highest BCUT2D eigenvalue weighted by atomic mass is 16.5. The summed E-state index contributed by atoms with van der Waals surface area (Å²) in [7, 11) is 3.25. The van der Waals surface area contributed by atoms with E-state index in [4.69, 9.17) is 14.0 Å². The van der Waals surface area contributed by atoms with Gasteiger partial charge in [-0.15, -0.1) is 0 Å². The lowest BCUT2D eigenvalue weighted by atomic mass is 9.89. The number of hydrogen-bond acceptors (Lipinski definition) is 5. The molecule has 0 spiro atoms. The number of ether oxygens (including phenoxy) is 2. The molecular formula is C25H27N3O4. The summed E-state index contributed by atoms with van der Waals surface area (Å²) in [6.07, 6.45) is 2.21. The molecule has 7 nitrogen and oxygen atoms in total. The molecule has 0 saturated heterocycles. The minimum atomic E-state index is -0.148. The van der Waals surface area contributed by atoms with E-state index in [1.54, 1.807) is 14.2 Å². The Labute approximate surface area is 186 Å². The molecule has 0 saturated carbocycles. The van der Waals surface area contributed by atoms with Crippen LogP contribution in [0.25, 0.3) is 10.9 Å². The van der Waals surface area contributed by atoms with Crippen molar-refractivity contribution < 1.29 is 18.8 Å². The van der Waals surface area contributed by atoms with Gasteiger partial charge in [0.05, 0.1) is 26.3 Å². The van der Waals surface area contributed by atoms with Crippen molar-refractivity contribution in [3.63, 3.8) is 0 Å². The molecule has 2 N–H and O–H groups in total. The number of nitrogens with zero attached hydrogens (tertiary/aromatic N) is 1. The lowest BCUT2D eigenvalue weighted by Crippen LogP contribution is -2.30. The minimum Gasteiger partial charge on any atom is -0.493 e. The quantitative estimate of drug-likeness (QED) is 0.433. The number of para-hydroxylation sites is 2. The highest BCUT2D eigenvalue weighted by Gasteiger charge is 2.24. The molecule has 166 valence electrons. The molecule has 32 heavy (non-hydrogen) atoms. The molecule has 0 aliphatic heterocycles. The molecular weight excluding hydrogens is 406 g/mol. The summed E-state index contributed by atoms with van der Waals surface area (Å²) in [5.74, 6) is 1.73. The van der Waals surface area contributed by atoms with E-state index in [1.807, 2.05) is 56.4 Å². The molecule has 1 atom stereocenters. The molecule has 0 bridgehead atoms. The maximum Gasteiger partial charge on any atom is 0.224 e. The third-order valence-electron chi connectivity index (χ3n) is 5.83. The number of aromatic nitrogens is 2. The molecule has 1 amide bonds. The van der Waals surface area contributed by atoms with Crippen molar-refractivity contribution in [3.05, 3.63) is 76.8 Å². The first-order valence-electron chi connectivity index (χ1n) is 10.5. The number of aromatic amines is 1. The van der Waals surface area contributed by atoms with Gasteiger partial charge in [-0.25, -0.2) is 0 Å². The fourth-order valence-corrected chi connectivity index (χ4v) is 4.15. The van der Waals surface area contributed by atoms with Crippen LogP contribution >= 0.6 is 0 Å². The van der Waals surface area contributed by atoms with E-state index in [0.717, 1.165) is 33.3 Å². The van der Waals surface area contributed by atoms with Gasteiger partial charge in [-0.1, -0.05) is 35.5 Å². The van der Waals surface area contributed by atoms with Crippen LogP contribution in [0.4, 0.5) is 0 Å². The number of H-pyrrole nitrogens is 1. The Morgan fingerprint density at radius 2 is 1.91 bits per heavy atom. The second-order valence-electron chi connectivity index (χ2n) is 7.71. The molecule has 7 heteroatoms. The number of aryl methyl sites for hydroxylation is 2. The number of carbonyl (C=O) groups excluding carboxylic acids is 1. The Hall–Kier alpha value is -3.74. The van der Waals surface area contributed by atoms with Gasteiger partial charge in [0.2, 0.25) is 5.91 Å². The van der Waals surface area contributed by atoms with Crippen LogP contribution in [0.3, 0.4) is 0 Å².